The minimum absolute atomic E-state index is 0.511. The number of ether oxygens (including phenoxy) is 1. The Kier molecular flexibility index (Phi) is 3.79. The van der Waals surface area contributed by atoms with Crippen molar-refractivity contribution < 1.29 is 4.74 Å². The van der Waals surface area contributed by atoms with Gasteiger partial charge in [-0.25, -0.2) is 4.98 Å². The predicted octanol–water partition coefficient (Wildman–Crippen LogP) is 3.81. The number of benzene rings is 1. The van der Waals surface area contributed by atoms with Gasteiger partial charge in [-0.05, 0) is 30.3 Å². The second-order valence-corrected chi connectivity index (χ2v) is 4.32. The highest BCUT2D eigenvalue weighted by Crippen LogP contribution is 2.21. The molecule has 3 heteroatoms. The Balaban J connectivity index is 2.16. The molecule has 0 fully saturated rings. The topological polar surface area (TPSA) is 22.1 Å². The molecule has 0 N–H and O–H groups in total. The molecule has 1 aromatic heterocycles. The Morgan fingerprint density at radius 1 is 1.18 bits per heavy atom. The van der Waals surface area contributed by atoms with Gasteiger partial charge in [-0.15, -0.1) is 12.3 Å². The van der Waals surface area contributed by atoms with Gasteiger partial charge in [0.2, 0.25) is 5.88 Å². The SMILES string of the molecule is C#CCc1cccc(Oc2ccc(Br)cc2)n1. The van der Waals surface area contributed by atoms with Gasteiger partial charge in [0.1, 0.15) is 5.75 Å². The molecule has 84 valence electrons. The standard InChI is InChI=1S/C14H10BrNO/c1-2-4-12-5-3-6-14(16-12)17-13-9-7-11(15)8-10-13/h1,3,5-10H,4H2. The van der Waals surface area contributed by atoms with E-state index < -0.39 is 0 Å². The highest BCUT2D eigenvalue weighted by molar-refractivity contribution is 9.10. The lowest BCUT2D eigenvalue weighted by atomic mass is 10.3. The van der Waals surface area contributed by atoms with Crippen molar-refractivity contribution in [2.75, 3.05) is 0 Å². The van der Waals surface area contributed by atoms with Crippen LogP contribution in [-0.4, -0.2) is 4.98 Å². The predicted molar refractivity (Wildman–Crippen MR) is 71.0 cm³/mol. The molecular weight excluding hydrogens is 278 g/mol. The first-order valence-corrected chi connectivity index (χ1v) is 5.90. The maximum Gasteiger partial charge on any atom is 0.219 e. The quantitative estimate of drug-likeness (QED) is 0.801. The lowest BCUT2D eigenvalue weighted by Gasteiger charge is -2.05. The van der Waals surface area contributed by atoms with Crippen LogP contribution in [0.3, 0.4) is 0 Å². The molecule has 0 bridgehead atoms. The molecule has 1 aromatic carbocycles. The molecule has 2 aromatic rings. The summed E-state index contributed by atoms with van der Waals surface area (Å²) in [5.74, 6) is 3.86. The van der Waals surface area contributed by atoms with Gasteiger partial charge >= 0.3 is 0 Å². The van der Waals surface area contributed by atoms with Gasteiger partial charge in [0.05, 0.1) is 12.1 Å². The van der Waals surface area contributed by atoms with E-state index in [1.54, 1.807) is 0 Å². The van der Waals surface area contributed by atoms with Crippen LogP contribution >= 0.6 is 15.9 Å². The van der Waals surface area contributed by atoms with Crippen molar-refractivity contribution in [3.63, 3.8) is 0 Å². The molecule has 0 saturated heterocycles. The van der Waals surface area contributed by atoms with Crippen LogP contribution in [0.15, 0.2) is 46.9 Å². The van der Waals surface area contributed by atoms with E-state index in [9.17, 15) is 0 Å². The lowest BCUT2D eigenvalue weighted by molar-refractivity contribution is 0.461. The molecular formula is C14H10BrNO. The highest BCUT2D eigenvalue weighted by Gasteiger charge is 2.00. The molecule has 0 aliphatic heterocycles. The second kappa shape index (κ2) is 5.51. The molecule has 0 amide bonds. The number of aromatic nitrogens is 1. The van der Waals surface area contributed by atoms with Gasteiger partial charge in [0, 0.05) is 10.5 Å². The third kappa shape index (κ3) is 3.33. The zero-order chi connectivity index (χ0) is 12.1. The Labute approximate surface area is 109 Å². The van der Waals surface area contributed by atoms with Gasteiger partial charge in [0.15, 0.2) is 0 Å². The van der Waals surface area contributed by atoms with Crippen LogP contribution in [0.4, 0.5) is 0 Å². The summed E-state index contributed by atoms with van der Waals surface area (Å²) < 4.78 is 6.63. The van der Waals surface area contributed by atoms with Crippen molar-refractivity contribution in [1.29, 1.82) is 0 Å². The summed E-state index contributed by atoms with van der Waals surface area (Å²) in [6.45, 7) is 0. The zero-order valence-electron chi connectivity index (χ0n) is 9.06. The monoisotopic (exact) mass is 287 g/mol. The van der Waals surface area contributed by atoms with Crippen molar-refractivity contribution in [3.05, 3.63) is 52.6 Å². The first-order valence-electron chi connectivity index (χ1n) is 5.11. The van der Waals surface area contributed by atoms with Crippen molar-refractivity contribution in [3.8, 4) is 24.0 Å². The summed E-state index contributed by atoms with van der Waals surface area (Å²) in [5.41, 5.74) is 0.835. The number of nitrogens with zero attached hydrogens (tertiary/aromatic N) is 1. The average Bonchev–Trinajstić information content (AvgIpc) is 2.33. The normalized spacial score (nSPS) is 9.65. The van der Waals surface area contributed by atoms with E-state index in [2.05, 4.69) is 26.8 Å². The Morgan fingerprint density at radius 3 is 2.65 bits per heavy atom. The van der Waals surface area contributed by atoms with Gasteiger partial charge < -0.3 is 4.74 Å². The fourth-order valence-corrected chi connectivity index (χ4v) is 1.61. The van der Waals surface area contributed by atoms with Crippen LogP contribution in [0.2, 0.25) is 0 Å². The van der Waals surface area contributed by atoms with Gasteiger partial charge in [-0.2, -0.15) is 0 Å². The van der Waals surface area contributed by atoms with Crippen LogP contribution in [0.5, 0.6) is 11.6 Å². The highest BCUT2D eigenvalue weighted by atomic mass is 79.9. The van der Waals surface area contributed by atoms with E-state index in [-0.39, 0.29) is 0 Å². The first-order chi connectivity index (χ1) is 8.28. The number of hydrogen-bond donors (Lipinski definition) is 0. The fraction of sp³-hybridized carbons (Fsp3) is 0.0714. The summed E-state index contributed by atoms with van der Waals surface area (Å²) >= 11 is 3.37. The van der Waals surface area contributed by atoms with Crippen LogP contribution in [0.1, 0.15) is 5.69 Å². The van der Waals surface area contributed by atoms with E-state index in [1.807, 2.05) is 42.5 Å². The largest absolute Gasteiger partial charge is 0.439 e. The number of hydrogen-bond acceptors (Lipinski definition) is 2. The maximum atomic E-state index is 5.62. The van der Waals surface area contributed by atoms with Crippen LogP contribution in [0.25, 0.3) is 0 Å². The fourth-order valence-electron chi connectivity index (χ4n) is 1.34. The minimum atomic E-state index is 0.511. The van der Waals surface area contributed by atoms with E-state index in [1.165, 1.54) is 0 Å². The smallest absolute Gasteiger partial charge is 0.219 e. The molecule has 1 heterocycles. The number of halogens is 1. The third-order valence-electron chi connectivity index (χ3n) is 2.10. The summed E-state index contributed by atoms with van der Waals surface area (Å²) in [6.07, 6.45) is 5.76. The van der Waals surface area contributed by atoms with Crippen LogP contribution in [-0.2, 0) is 6.42 Å². The lowest BCUT2D eigenvalue weighted by Crippen LogP contribution is -1.92. The van der Waals surface area contributed by atoms with Gasteiger partial charge in [-0.1, -0.05) is 22.0 Å². The van der Waals surface area contributed by atoms with Gasteiger partial charge in [0.25, 0.3) is 0 Å². The van der Waals surface area contributed by atoms with Crippen molar-refractivity contribution in [2.24, 2.45) is 0 Å². The van der Waals surface area contributed by atoms with E-state index in [4.69, 9.17) is 11.2 Å². The molecule has 2 rings (SSSR count). The summed E-state index contributed by atoms with van der Waals surface area (Å²) in [5, 5.41) is 0. The van der Waals surface area contributed by atoms with Crippen molar-refractivity contribution in [2.45, 2.75) is 6.42 Å². The molecule has 17 heavy (non-hydrogen) atoms. The Morgan fingerprint density at radius 2 is 1.94 bits per heavy atom. The second-order valence-electron chi connectivity index (χ2n) is 3.40. The molecule has 0 aliphatic carbocycles. The number of pyridine rings is 1. The summed E-state index contributed by atoms with van der Waals surface area (Å²) in [4.78, 5) is 4.30. The number of rotatable bonds is 3. The first kappa shape index (κ1) is 11.7. The minimum Gasteiger partial charge on any atom is -0.439 e. The molecule has 0 saturated carbocycles. The summed E-state index contributed by atoms with van der Waals surface area (Å²) in [6, 6.07) is 13.2. The molecule has 0 aliphatic rings. The third-order valence-corrected chi connectivity index (χ3v) is 2.63. The number of terminal acetylenes is 1. The zero-order valence-corrected chi connectivity index (χ0v) is 10.6. The molecule has 2 nitrogen and oxygen atoms in total. The Bertz CT molecular complexity index is 543. The van der Waals surface area contributed by atoms with Crippen molar-refractivity contribution in [1.82, 2.24) is 4.98 Å². The van der Waals surface area contributed by atoms with Gasteiger partial charge in [-0.3, -0.25) is 0 Å². The van der Waals surface area contributed by atoms with E-state index in [0.29, 0.717) is 12.3 Å². The van der Waals surface area contributed by atoms with Crippen molar-refractivity contribution >= 4 is 15.9 Å². The average molecular weight is 288 g/mol. The van der Waals surface area contributed by atoms with Crippen LogP contribution in [0, 0.1) is 12.3 Å². The molecule has 0 atom stereocenters. The molecule has 0 radical (unpaired) electrons. The summed E-state index contributed by atoms with van der Waals surface area (Å²) in [7, 11) is 0. The van der Waals surface area contributed by atoms with E-state index in [0.717, 1.165) is 15.9 Å². The van der Waals surface area contributed by atoms with Crippen LogP contribution < -0.4 is 4.74 Å². The van der Waals surface area contributed by atoms with E-state index >= 15 is 0 Å². The molecule has 0 unspecified atom stereocenters. The maximum absolute atomic E-state index is 5.62. The Hall–Kier alpha value is -1.79. The molecule has 0 spiro atoms.